The SMILES string of the molecule is O=S1(=O)CC(NCc2cccc(F)c2)C1. The summed E-state index contributed by atoms with van der Waals surface area (Å²) in [4.78, 5) is 0. The van der Waals surface area contributed by atoms with E-state index < -0.39 is 9.84 Å². The summed E-state index contributed by atoms with van der Waals surface area (Å²) in [6.07, 6.45) is 0. The van der Waals surface area contributed by atoms with E-state index in [4.69, 9.17) is 0 Å². The van der Waals surface area contributed by atoms with Gasteiger partial charge < -0.3 is 5.32 Å². The molecule has 15 heavy (non-hydrogen) atoms. The molecule has 0 atom stereocenters. The fourth-order valence-electron chi connectivity index (χ4n) is 1.59. The molecule has 0 aliphatic carbocycles. The number of rotatable bonds is 3. The molecular formula is C10H12FNO2S. The Morgan fingerprint density at radius 3 is 2.73 bits per heavy atom. The molecule has 5 heteroatoms. The topological polar surface area (TPSA) is 46.2 Å². The highest BCUT2D eigenvalue weighted by Crippen LogP contribution is 2.11. The molecule has 1 aliphatic rings. The molecule has 1 heterocycles. The number of hydrogen-bond acceptors (Lipinski definition) is 3. The fourth-order valence-corrected chi connectivity index (χ4v) is 2.96. The summed E-state index contributed by atoms with van der Waals surface area (Å²) < 4.78 is 34.5. The molecule has 1 saturated heterocycles. The summed E-state index contributed by atoms with van der Waals surface area (Å²) in [5, 5.41) is 3.07. The Kier molecular flexibility index (Phi) is 2.75. The summed E-state index contributed by atoms with van der Waals surface area (Å²) in [5.41, 5.74) is 0.833. The average Bonchev–Trinajstić information content (AvgIpc) is 2.11. The van der Waals surface area contributed by atoms with E-state index in [0.29, 0.717) is 6.54 Å². The van der Waals surface area contributed by atoms with Crippen LogP contribution in [0.5, 0.6) is 0 Å². The summed E-state index contributed by atoms with van der Waals surface area (Å²) >= 11 is 0. The number of benzene rings is 1. The van der Waals surface area contributed by atoms with E-state index in [-0.39, 0.29) is 23.4 Å². The lowest BCUT2D eigenvalue weighted by Gasteiger charge is -2.26. The van der Waals surface area contributed by atoms with Gasteiger partial charge in [-0.1, -0.05) is 12.1 Å². The maximum atomic E-state index is 12.8. The zero-order chi connectivity index (χ0) is 10.9. The molecule has 1 N–H and O–H groups in total. The lowest BCUT2D eigenvalue weighted by atomic mass is 10.2. The van der Waals surface area contributed by atoms with Gasteiger partial charge in [0.05, 0.1) is 11.5 Å². The van der Waals surface area contributed by atoms with Gasteiger partial charge >= 0.3 is 0 Å². The maximum absolute atomic E-state index is 12.8. The van der Waals surface area contributed by atoms with E-state index in [2.05, 4.69) is 5.32 Å². The van der Waals surface area contributed by atoms with E-state index in [9.17, 15) is 12.8 Å². The standard InChI is InChI=1S/C10H12FNO2S/c11-9-3-1-2-8(4-9)5-12-10-6-15(13,14)7-10/h1-4,10,12H,5-7H2. The fraction of sp³-hybridized carbons (Fsp3) is 0.400. The van der Waals surface area contributed by atoms with Crippen LogP contribution >= 0.6 is 0 Å². The second kappa shape index (κ2) is 3.90. The van der Waals surface area contributed by atoms with Crippen LogP contribution in [0.15, 0.2) is 24.3 Å². The van der Waals surface area contributed by atoms with Crippen molar-refractivity contribution in [1.29, 1.82) is 0 Å². The van der Waals surface area contributed by atoms with Crippen molar-refractivity contribution in [2.75, 3.05) is 11.5 Å². The molecule has 0 radical (unpaired) electrons. The first-order valence-electron chi connectivity index (χ1n) is 4.73. The van der Waals surface area contributed by atoms with E-state index in [1.165, 1.54) is 12.1 Å². The van der Waals surface area contributed by atoms with Gasteiger partial charge in [0.2, 0.25) is 0 Å². The van der Waals surface area contributed by atoms with Gasteiger partial charge in [-0.2, -0.15) is 0 Å². The van der Waals surface area contributed by atoms with E-state index >= 15 is 0 Å². The number of halogens is 1. The summed E-state index contributed by atoms with van der Waals surface area (Å²) in [5.74, 6) is 0.125. The average molecular weight is 229 g/mol. The molecule has 0 aromatic heterocycles. The molecule has 1 aromatic rings. The van der Waals surface area contributed by atoms with Gasteiger partial charge in [0.25, 0.3) is 0 Å². The second-order valence-corrected chi connectivity index (χ2v) is 5.94. The van der Waals surface area contributed by atoms with Crippen molar-refractivity contribution in [3.05, 3.63) is 35.6 Å². The largest absolute Gasteiger partial charge is 0.308 e. The number of hydrogen-bond donors (Lipinski definition) is 1. The molecule has 0 unspecified atom stereocenters. The Hall–Kier alpha value is -0.940. The van der Waals surface area contributed by atoms with Crippen LogP contribution in [0.3, 0.4) is 0 Å². The third kappa shape index (κ3) is 2.76. The van der Waals surface area contributed by atoms with Crippen LogP contribution < -0.4 is 5.32 Å². The zero-order valence-electron chi connectivity index (χ0n) is 8.11. The van der Waals surface area contributed by atoms with Crippen LogP contribution in [0.4, 0.5) is 4.39 Å². The van der Waals surface area contributed by atoms with Crippen LogP contribution in [0.2, 0.25) is 0 Å². The minimum absolute atomic E-state index is 0.0262. The van der Waals surface area contributed by atoms with Crippen molar-refractivity contribution >= 4 is 9.84 Å². The monoisotopic (exact) mass is 229 g/mol. The molecule has 82 valence electrons. The minimum atomic E-state index is -2.78. The van der Waals surface area contributed by atoms with Crippen LogP contribution in [-0.2, 0) is 16.4 Å². The molecule has 2 rings (SSSR count). The van der Waals surface area contributed by atoms with Crippen molar-refractivity contribution in [2.24, 2.45) is 0 Å². The molecule has 0 amide bonds. The number of sulfone groups is 1. The number of nitrogens with one attached hydrogen (secondary N) is 1. The molecule has 0 saturated carbocycles. The normalized spacial score (nSPS) is 19.8. The lowest BCUT2D eigenvalue weighted by Crippen LogP contribution is -2.50. The van der Waals surface area contributed by atoms with Crippen LogP contribution in [0, 0.1) is 5.82 Å². The molecule has 1 aliphatic heterocycles. The molecular weight excluding hydrogens is 217 g/mol. The van der Waals surface area contributed by atoms with Crippen molar-refractivity contribution in [1.82, 2.24) is 5.32 Å². The van der Waals surface area contributed by atoms with Crippen molar-refractivity contribution in [3.8, 4) is 0 Å². The van der Waals surface area contributed by atoms with E-state index in [0.717, 1.165) is 5.56 Å². The zero-order valence-corrected chi connectivity index (χ0v) is 8.93. The third-order valence-electron chi connectivity index (χ3n) is 2.39. The van der Waals surface area contributed by atoms with E-state index in [1.807, 2.05) is 6.07 Å². The van der Waals surface area contributed by atoms with Crippen molar-refractivity contribution < 1.29 is 12.8 Å². The molecule has 1 fully saturated rings. The first-order valence-corrected chi connectivity index (χ1v) is 6.55. The van der Waals surface area contributed by atoms with Crippen LogP contribution in [0.25, 0.3) is 0 Å². The van der Waals surface area contributed by atoms with E-state index in [1.54, 1.807) is 6.07 Å². The van der Waals surface area contributed by atoms with Crippen LogP contribution in [0.1, 0.15) is 5.56 Å². The van der Waals surface area contributed by atoms with Gasteiger partial charge in [0.15, 0.2) is 9.84 Å². The van der Waals surface area contributed by atoms with Gasteiger partial charge in [-0.25, -0.2) is 12.8 Å². The van der Waals surface area contributed by atoms with Gasteiger partial charge in [-0.15, -0.1) is 0 Å². The van der Waals surface area contributed by atoms with Crippen molar-refractivity contribution in [3.63, 3.8) is 0 Å². The Morgan fingerprint density at radius 1 is 1.40 bits per heavy atom. The summed E-state index contributed by atoms with van der Waals surface area (Å²) in [7, 11) is -2.78. The third-order valence-corrected chi connectivity index (χ3v) is 4.21. The van der Waals surface area contributed by atoms with Gasteiger partial charge in [-0.3, -0.25) is 0 Å². The predicted octanol–water partition coefficient (Wildman–Crippen LogP) is 0.712. The minimum Gasteiger partial charge on any atom is -0.308 e. The smallest absolute Gasteiger partial charge is 0.153 e. The molecule has 1 aromatic carbocycles. The Labute approximate surface area is 88.2 Å². The quantitative estimate of drug-likeness (QED) is 0.830. The highest BCUT2D eigenvalue weighted by molar-refractivity contribution is 7.92. The highest BCUT2D eigenvalue weighted by Gasteiger charge is 2.32. The van der Waals surface area contributed by atoms with Crippen molar-refractivity contribution in [2.45, 2.75) is 12.6 Å². The maximum Gasteiger partial charge on any atom is 0.153 e. The van der Waals surface area contributed by atoms with Crippen LogP contribution in [-0.4, -0.2) is 26.0 Å². The highest BCUT2D eigenvalue weighted by atomic mass is 32.2. The summed E-state index contributed by atoms with van der Waals surface area (Å²) in [6, 6.07) is 6.31. The molecule has 0 spiro atoms. The van der Waals surface area contributed by atoms with Gasteiger partial charge in [0.1, 0.15) is 5.82 Å². The second-order valence-electron chi connectivity index (χ2n) is 3.78. The predicted molar refractivity (Wildman–Crippen MR) is 55.7 cm³/mol. The first-order chi connectivity index (χ1) is 7.05. The Morgan fingerprint density at radius 2 is 2.13 bits per heavy atom. The lowest BCUT2D eigenvalue weighted by molar-refractivity contribution is 0.510. The Bertz CT molecular complexity index is 446. The first kappa shape index (κ1) is 10.6. The van der Waals surface area contributed by atoms with Gasteiger partial charge in [0, 0.05) is 12.6 Å². The van der Waals surface area contributed by atoms with Gasteiger partial charge in [-0.05, 0) is 17.7 Å². The summed E-state index contributed by atoms with van der Waals surface area (Å²) in [6.45, 7) is 0.512. The molecule has 3 nitrogen and oxygen atoms in total. The Balaban J connectivity index is 1.84. The molecule has 0 bridgehead atoms.